The smallest absolute Gasteiger partial charge is 0.0480 e. The first-order chi connectivity index (χ1) is 5.08. The molecule has 0 aliphatic carbocycles. The summed E-state index contributed by atoms with van der Waals surface area (Å²) in [6.45, 7) is 4.64. The minimum absolute atomic E-state index is 0.0590. The van der Waals surface area contributed by atoms with Crippen LogP contribution in [0.25, 0.3) is 0 Å². The number of aliphatic hydroxyl groups is 1. The highest BCUT2D eigenvalue weighted by atomic mass is 16.3. The SMILES string of the molecule is C[C@@]12C=C[C@@](C)(N1)[C@@H](CO)C2. The van der Waals surface area contributed by atoms with Gasteiger partial charge in [-0.25, -0.2) is 0 Å². The highest BCUT2D eigenvalue weighted by Gasteiger charge is 2.50. The van der Waals surface area contributed by atoms with E-state index >= 15 is 0 Å². The summed E-state index contributed by atoms with van der Waals surface area (Å²) < 4.78 is 0. The largest absolute Gasteiger partial charge is 0.396 e. The lowest BCUT2D eigenvalue weighted by Crippen LogP contribution is -2.42. The Labute approximate surface area is 67.3 Å². The van der Waals surface area contributed by atoms with Gasteiger partial charge in [0, 0.05) is 23.6 Å². The quantitative estimate of drug-likeness (QED) is 0.543. The third-order valence-electron chi connectivity index (χ3n) is 3.09. The summed E-state index contributed by atoms with van der Waals surface area (Å²) >= 11 is 0. The lowest BCUT2D eigenvalue weighted by atomic mass is 9.81. The molecule has 0 aromatic heterocycles. The van der Waals surface area contributed by atoms with Crippen LogP contribution in [0.5, 0.6) is 0 Å². The molecule has 0 unspecified atom stereocenters. The molecule has 0 aromatic carbocycles. The van der Waals surface area contributed by atoms with E-state index in [1.165, 1.54) is 0 Å². The molecular weight excluding hydrogens is 138 g/mol. The van der Waals surface area contributed by atoms with Crippen LogP contribution in [0.3, 0.4) is 0 Å². The number of rotatable bonds is 1. The number of hydrogen-bond donors (Lipinski definition) is 2. The van der Waals surface area contributed by atoms with Crippen molar-refractivity contribution < 1.29 is 5.11 Å². The van der Waals surface area contributed by atoms with Gasteiger partial charge in [-0.05, 0) is 20.3 Å². The monoisotopic (exact) mass is 153 g/mol. The van der Waals surface area contributed by atoms with Gasteiger partial charge in [0.05, 0.1) is 0 Å². The highest BCUT2D eigenvalue weighted by Crippen LogP contribution is 2.42. The van der Waals surface area contributed by atoms with Crippen molar-refractivity contribution in [3.63, 3.8) is 0 Å². The van der Waals surface area contributed by atoms with Gasteiger partial charge >= 0.3 is 0 Å². The van der Waals surface area contributed by atoms with Gasteiger partial charge in [0.25, 0.3) is 0 Å². The minimum atomic E-state index is 0.0590. The van der Waals surface area contributed by atoms with Gasteiger partial charge in [-0.1, -0.05) is 12.2 Å². The van der Waals surface area contributed by atoms with E-state index in [1.54, 1.807) is 0 Å². The summed E-state index contributed by atoms with van der Waals surface area (Å²) in [5.41, 5.74) is 0.214. The maximum Gasteiger partial charge on any atom is 0.0480 e. The summed E-state index contributed by atoms with van der Waals surface area (Å²) in [6, 6.07) is 0. The molecule has 0 spiro atoms. The predicted molar refractivity (Wildman–Crippen MR) is 44.3 cm³/mol. The summed E-state index contributed by atoms with van der Waals surface area (Å²) in [6.07, 6.45) is 5.48. The van der Waals surface area contributed by atoms with Crippen LogP contribution in [0.4, 0.5) is 0 Å². The summed E-state index contributed by atoms with van der Waals surface area (Å²) in [7, 11) is 0. The van der Waals surface area contributed by atoms with Crippen LogP contribution in [0.2, 0.25) is 0 Å². The first kappa shape index (κ1) is 7.32. The molecular formula is C9H15NO. The van der Waals surface area contributed by atoms with Crippen molar-refractivity contribution in [1.82, 2.24) is 5.32 Å². The van der Waals surface area contributed by atoms with Gasteiger partial charge in [-0.15, -0.1) is 0 Å². The van der Waals surface area contributed by atoms with Crippen LogP contribution in [0.1, 0.15) is 20.3 Å². The van der Waals surface area contributed by atoms with E-state index in [4.69, 9.17) is 5.11 Å². The van der Waals surface area contributed by atoms with E-state index in [-0.39, 0.29) is 11.1 Å². The van der Waals surface area contributed by atoms with Crippen molar-refractivity contribution in [2.75, 3.05) is 6.61 Å². The van der Waals surface area contributed by atoms with Gasteiger partial charge in [-0.3, -0.25) is 5.32 Å². The van der Waals surface area contributed by atoms with Crippen LogP contribution in [-0.2, 0) is 0 Å². The van der Waals surface area contributed by atoms with Crippen molar-refractivity contribution in [2.24, 2.45) is 5.92 Å². The van der Waals surface area contributed by atoms with E-state index in [9.17, 15) is 0 Å². The first-order valence-electron chi connectivity index (χ1n) is 4.19. The van der Waals surface area contributed by atoms with Crippen molar-refractivity contribution in [3.05, 3.63) is 12.2 Å². The number of aliphatic hydroxyl groups excluding tert-OH is 1. The molecule has 2 heterocycles. The molecule has 2 nitrogen and oxygen atoms in total. The molecule has 2 rings (SSSR count). The summed E-state index contributed by atoms with van der Waals surface area (Å²) in [5.74, 6) is 0.400. The zero-order chi connectivity index (χ0) is 8.11. The highest BCUT2D eigenvalue weighted by molar-refractivity contribution is 5.30. The van der Waals surface area contributed by atoms with Gasteiger partial charge in [0.2, 0.25) is 0 Å². The van der Waals surface area contributed by atoms with E-state index in [0.29, 0.717) is 12.5 Å². The molecule has 2 aliphatic rings. The molecule has 2 bridgehead atoms. The molecule has 0 amide bonds. The lowest BCUT2D eigenvalue weighted by Gasteiger charge is -2.25. The molecule has 0 aromatic rings. The Hall–Kier alpha value is -0.340. The Morgan fingerprint density at radius 2 is 2.27 bits per heavy atom. The van der Waals surface area contributed by atoms with E-state index in [0.717, 1.165) is 6.42 Å². The van der Waals surface area contributed by atoms with Crippen LogP contribution in [-0.4, -0.2) is 22.8 Å². The molecule has 11 heavy (non-hydrogen) atoms. The maximum atomic E-state index is 9.09. The Morgan fingerprint density at radius 3 is 2.55 bits per heavy atom. The molecule has 3 atom stereocenters. The van der Waals surface area contributed by atoms with Gasteiger partial charge in [-0.2, -0.15) is 0 Å². The topological polar surface area (TPSA) is 32.3 Å². The zero-order valence-corrected chi connectivity index (χ0v) is 7.09. The van der Waals surface area contributed by atoms with Crippen LogP contribution in [0.15, 0.2) is 12.2 Å². The lowest BCUT2D eigenvalue weighted by molar-refractivity contribution is 0.192. The fraction of sp³-hybridized carbons (Fsp3) is 0.778. The second-order valence-corrected chi connectivity index (χ2v) is 4.24. The molecule has 2 N–H and O–H groups in total. The predicted octanol–water partition coefficient (Wildman–Crippen LogP) is 0.675. The van der Waals surface area contributed by atoms with Crippen LogP contribution < -0.4 is 5.32 Å². The van der Waals surface area contributed by atoms with Crippen LogP contribution >= 0.6 is 0 Å². The number of nitrogens with one attached hydrogen (secondary N) is 1. The average molecular weight is 153 g/mol. The fourth-order valence-electron chi connectivity index (χ4n) is 2.39. The van der Waals surface area contributed by atoms with Gasteiger partial charge < -0.3 is 5.11 Å². The van der Waals surface area contributed by atoms with Crippen molar-refractivity contribution in [1.29, 1.82) is 0 Å². The van der Waals surface area contributed by atoms with Crippen molar-refractivity contribution >= 4 is 0 Å². The van der Waals surface area contributed by atoms with E-state index in [2.05, 4.69) is 31.3 Å². The van der Waals surface area contributed by atoms with E-state index < -0.39 is 0 Å². The Kier molecular flexibility index (Phi) is 1.25. The third-order valence-corrected chi connectivity index (χ3v) is 3.09. The molecule has 2 heteroatoms. The Balaban J connectivity index is 2.30. The molecule has 1 fully saturated rings. The standard InChI is InChI=1S/C9H15NO/c1-8-3-4-9(2,10-8)7(5-8)6-11/h3-4,7,10-11H,5-6H2,1-2H3/t7-,8+,9-/m1/s1. The number of hydrogen-bond acceptors (Lipinski definition) is 2. The fourth-order valence-corrected chi connectivity index (χ4v) is 2.39. The minimum Gasteiger partial charge on any atom is -0.396 e. The molecule has 0 saturated carbocycles. The van der Waals surface area contributed by atoms with Crippen molar-refractivity contribution in [3.8, 4) is 0 Å². The number of fused-ring (bicyclic) bond motifs is 2. The first-order valence-corrected chi connectivity index (χ1v) is 4.19. The average Bonchev–Trinajstić information content (AvgIpc) is 2.36. The summed E-state index contributed by atoms with van der Waals surface area (Å²) in [5, 5.41) is 12.6. The van der Waals surface area contributed by atoms with Crippen LogP contribution in [0, 0.1) is 5.92 Å². The molecule has 62 valence electrons. The normalized spacial score (nSPS) is 53.9. The second kappa shape index (κ2) is 1.87. The van der Waals surface area contributed by atoms with Gasteiger partial charge in [0.15, 0.2) is 0 Å². The molecule has 1 saturated heterocycles. The zero-order valence-electron chi connectivity index (χ0n) is 7.09. The maximum absolute atomic E-state index is 9.09. The van der Waals surface area contributed by atoms with Crippen molar-refractivity contribution in [2.45, 2.75) is 31.3 Å². The van der Waals surface area contributed by atoms with Gasteiger partial charge in [0.1, 0.15) is 0 Å². The second-order valence-electron chi connectivity index (χ2n) is 4.24. The third kappa shape index (κ3) is 0.861. The Morgan fingerprint density at radius 1 is 1.55 bits per heavy atom. The molecule has 0 radical (unpaired) electrons. The molecule has 2 aliphatic heterocycles. The summed E-state index contributed by atoms with van der Waals surface area (Å²) in [4.78, 5) is 0. The van der Waals surface area contributed by atoms with E-state index in [1.807, 2.05) is 0 Å². The Bertz CT molecular complexity index is 214.